The number of carbonyl (C=O) groups excluding carboxylic acids is 2. The summed E-state index contributed by atoms with van der Waals surface area (Å²) in [7, 11) is -2.61. The van der Waals surface area contributed by atoms with Gasteiger partial charge in [0.1, 0.15) is 24.1 Å². The van der Waals surface area contributed by atoms with Gasteiger partial charge in [-0.15, -0.1) is 11.8 Å². The van der Waals surface area contributed by atoms with Crippen LogP contribution in [0.5, 0.6) is 11.5 Å². The van der Waals surface area contributed by atoms with E-state index in [1.807, 2.05) is 53.0 Å². The van der Waals surface area contributed by atoms with E-state index < -0.39 is 34.1 Å². The average Bonchev–Trinajstić information content (AvgIpc) is 2.99. The monoisotopic (exact) mass is 641 g/mol. The number of rotatable bonds is 14. The quantitative estimate of drug-likeness (QED) is 0.224. The van der Waals surface area contributed by atoms with Crippen LogP contribution in [0.4, 0.5) is 5.69 Å². The predicted octanol–water partition coefficient (Wildman–Crippen LogP) is 5.73. The number of hydrogen-bond donors (Lipinski definition) is 1. The van der Waals surface area contributed by atoms with Crippen molar-refractivity contribution in [3.63, 3.8) is 0 Å². The third-order valence-corrected chi connectivity index (χ3v) is 9.29. The largest absolute Gasteiger partial charge is 0.497 e. The third-order valence-electron chi connectivity index (χ3n) is 6.76. The molecule has 2 amide bonds. The Morgan fingerprint density at radius 2 is 1.50 bits per heavy atom. The van der Waals surface area contributed by atoms with Crippen molar-refractivity contribution >= 4 is 39.3 Å². The average molecular weight is 642 g/mol. The van der Waals surface area contributed by atoms with E-state index in [9.17, 15) is 18.0 Å². The lowest BCUT2D eigenvalue weighted by molar-refractivity contribution is -0.141. The zero-order valence-corrected chi connectivity index (χ0v) is 28.1. The first-order chi connectivity index (χ1) is 20.8. The van der Waals surface area contributed by atoms with Crippen molar-refractivity contribution in [1.29, 1.82) is 0 Å². The Balaban J connectivity index is 2.07. The summed E-state index contributed by atoms with van der Waals surface area (Å²) in [4.78, 5) is 30.2. The minimum atomic E-state index is -4.18. The predicted molar refractivity (Wildman–Crippen MR) is 176 cm³/mol. The van der Waals surface area contributed by atoms with Gasteiger partial charge in [-0.1, -0.05) is 19.1 Å². The highest BCUT2D eigenvalue weighted by molar-refractivity contribution is 7.98. The second-order valence-corrected chi connectivity index (χ2v) is 13.9. The lowest BCUT2D eigenvalue weighted by atomic mass is 10.1. The maximum Gasteiger partial charge on any atom is 0.264 e. The number of anilines is 1. The first-order valence-electron chi connectivity index (χ1n) is 14.5. The molecule has 0 aliphatic carbocycles. The fourth-order valence-electron chi connectivity index (χ4n) is 4.58. The Bertz CT molecular complexity index is 1490. The van der Waals surface area contributed by atoms with Crippen LogP contribution >= 0.6 is 11.8 Å². The van der Waals surface area contributed by atoms with Crippen molar-refractivity contribution in [2.45, 2.75) is 69.0 Å². The molecule has 3 aromatic carbocycles. The van der Waals surface area contributed by atoms with Crippen LogP contribution in [0.1, 0.15) is 46.6 Å². The summed E-state index contributed by atoms with van der Waals surface area (Å²) >= 11 is 1.50. The molecule has 0 saturated heterocycles. The maximum absolute atomic E-state index is 14.3. The van der Waals surface area contributed by atoms with E-state index >= 15 is 0 Å². The zero-order chi connectivity index (χ0) is 32.5. The molecule has 0 aromatic heterocycles. The molecule has 0 radical (unpaired) electrons. The molecule has 0 fully saturated rings. The molecule has 9 nitrogen and oxygen atoms in total. The van der Waals surface area contributed by atoms with E-state index in [1.165, 1.54) is 28.8 Å². The molecule has 3 aromatic rings. The fraction of sp³-hybridized carbons (Fsp3) is 0.394. The smallest absolute Gasteiger partial charge is 0.264 e. The van der Waals surface area contributed by atoms with Gasteiger partial charge in [0.25, 0.3) is 10.0 Å². The molecule has 0 heterocycles. The molecule has 0 bridgehead atoms. The zero-order valence-electron chi connectivity index (χ0n) is 26.5. The van der Waals surface area contributed by atoms with Gasteiger partial charge in [-0.2, -0.15) is 0 Å². The number of thioether (sulfide) groups is 1. The van der Waals surface area contributed by atoms with Gasteiger partial charge >= 0.3 is 0 Å². The molecular weight excluding hydrogens is 599 g/mol. The molecule has 1 atom stereocenters. The molecule has 44 heavy (non-hydrogen) atoms. The Kier molecular flexibility index (Phi) is 12.1. The summed E-state index contributed by atoms with van der Waals surface area (Å²) in [5.41, 5.74) is 0.538. The van der Waals surface area contributed by atoms with Gasteiger partial charge in [-0.05, 0) is 107 Å². The van der Waals surface area contributed by atoms with Gasteiger partial charge in [-0.25, -0.2) is 8.42 Å². The van der Waals surface area contributed by atoms with Gasteiger partial charge in [0.2, 0.25) is 11.8 Å². The molecular formula is C33H43N3O6S2. The SMILES string of the molecule is CCOc1ccc(N(CC(=O)N(Cc2ccc(OC)cc2)[C@H](CC)C(=O)NC(C)(C)C)S(=O)(=O)c2ccc(SC)cc2)cc1. The Labute approximate surface area is 266 Å². The van der Waals surface area contributed by atoms with E-state index in [-0.39, 0.29) is 17.3 Å². The van der Waals surface area contributed by atoms with Gasteiger partial charge < -0.3 is 19.7 Å². The number of nitrogens with one attached hydrogen (secondary N) is 1. The van der Waals surface area contributed by atoms with E-state index in [0.717, 1.165) is 14.8 Å². The second-order valence-electron chi connectivity index (χ2n) is 11.1. The van der Waals surface area contributed by atoms with Crippen molar-refractivity contribution < 1.29 is 27.5 Å². The van der Waals surface area contributed by atoms with E-state index in [4.69, 9.17) is 9.47 Å². The van der Waals surface area contributed by atoms with E-state index in [1.54, 1.807) is 55.6 Å². The number of carbonyl (C=O) groups is 2. The number of sulfonamides is 1. The van der Waals surface area contributed by atoms with Crippen molar-refractivity contribution in [2.24, 2.45) is 0 Å². The topological polar surface area (TPSA) is 105 Å². The van der Waals surface area contributed by atoms with Gasteiger partial charge in [0.05, 0.1) is 24.3 Å². The lowest BCUT2D eigenvalue weighted by Crippen LogP contribution is -2.55. The summed E-state index contributed by atoms with van der Waals surface area (Å²) in [6.45, 7) is 9.33. The summed E-state index contributed by atoms with van der Waals surface area (Å²) in [5.74, 6) is 0.402. The highest BCUT2D eigenvalue weighted by Gasteiger charge is 2.34. The van der Waals surface area contributed by atoms with E-state index in [0.29, 0.717) is 30.2 Å². The normalized spacial score (nSPS) is 12.2. The summed E-state index contributed by atoms with van der Waals surface area (Å²) in [6.07, 6.45) is 2.24. The summed E-state index contributed by atoms with van der Waals surface area (Å²) < 4.78 is 40.1. The molecule has 0 unspecified atom stereocenters. The first-order valence-corrected chi connectivity index (χ1v) is 17.1. The molecule has 11 heteroatoms. The molecule has 0 aliphatic heterocycles. The van der Waals surface area contributed by atoms with Gasteiger partial charge in [0, 0.05) is 17.0 Å². The molecule has 0 aliphatic rings. The van der Waals surface area contributed by atoms with Crippen molar-refractivity contribution in [3.05, 3.63) is 78.4 Å². The molecule has 1 N–H and O–H groups in total. The molecule has 0 spiro atoms. The molecule has 238 valence electrons. The Morgan fingerprint density at radius 1 is 0.909 bits per heavy atom. The van der Waals surface area contributed by atoms with Crippen LogP contribution in [0.15, 0.2) is 82.6 Å². The van der Waals surface area contributed by atoms with Crippen LogP contribution in [-0.4, -0.2) is 63.2 Å². The third kappa shape index (κ3) is 9.15. The van der Waals surface area contributed by atoms with Crippen LogP contribution < -0.4 is 19.1 Å². The number of hydrogen-bond acceptors (Lipinski definition) is 7. The lowest BCUT2D eigenvalue weighted by Gasteiger charge is -2.34. The standard InChI is InChI=1S/C33H43N3O6S2/c1-8-30(32(38)34-33(3,4)5)35(22-24-10-14-26(41-6)15-11-24)31(37)23-36(25-12-16-27(17-13-25)42-9-2)44(39,40)29-20-18-28(43-7)19-21-29/h10-21,30H,8-9,22-23H2,1-7H3,(H,34,38)/t30-/m1/s1. The van der Waals surface area contributed by atoms with Crippen LogP contribution in [0.25, 0.3) is 0 Å². The van der Waals surface area contributed by atoms with Gasteiger partial charge in [-0.3, -0.25) is 13.9 Å². The molecule has 0 saturated carbocycles. The highest BCUT2D eigenvalue weighted by Crippen LogP contribution is 2.28. The van der Waals surface area contributed by atoms with Crippen molar-refractivity contribution in [2.75, 3.05) is 30.8 Å². The Morgan fingerprint density at radius 3 is 2.00 bits per heavy atom. The maximum atomic E-state index is 14.3. The van der Waals surface area contributed by atoms with Crippen LogP contribution in [0, 0.1) is 0 Å². The number of ether oxygens (including phenoxy) is 2. The first kappa shape index (κ1) is 34.8. The summed E-state index contributed by atoms with van der Waals surface area (Å²) in [5, 5.41) is 2.98. The van der Waals surface area contributed by atoms with Crippen molar-refractivity contribution in [3.8, 4) is 11.5 Å². The van der Waals surface area contributed by atoms with E-state index in [2.05, 4.69) is 5.32 Å². The fourth-order valence-corrected chi connectivity index (χ4v) is 6.40. The minimum absolute atomic E-state index is 0.0520. The summed E-state index contributed by atoms with van der Waals surface area (Å²) in [6, 6.07) is 19.5. The second kappa shape index (κ2) is 15.3. The van der Waals surface area contributed by atoms with Crippen LogP contribution in [0.2, 0.25) is 0 Å². The number of amides is 2. The van der Waals surface area contributed by atoms with Gasteiger partial charge in [0.15, 0.2) is 0 Å². The van der Waals surface area contributed by atoms with Crippen LogP contribution in [-0.2, 0) is 26.2 Å². The number of benzene rings is 3. The molecule has 3 rings (SSSR count). The minimum Gasteiger partial charge on any atom is -0.497 e. The Hall–Kier alpha value is -3.70. The number of nitrogens with zero attached hydrogens (tertiary/aromatic N) is 2. The van der Waals surface area contributed by atoms with Crippen molar-refractivity contribution in [1.82, 2.24) is 10.2 Å². The number of methoxy groups -OCH3 is 1. The van der Waals surface area contributed by atoms with Crippen LogP contribution in [0.3, 0.4) is 0 Å². The highest BCUT2D eigenvalue weighted by atomic mass is 32.2.